The van der Waals surface area contributed by atoms with Crippen molar-refractivity contribution in [2.75, 3.05) is 0 Å². The summed E-state index contributed by atoms with van der Waals surface area (Å²) in [6, 6.07) is 4.30. The Bertz CT molecular complexity index is 777. The molecule has 0 aliphatic heterocycles. The van der Waals surface area contributed by atoms with Crippen molar-refractivity contribution in [2.24, 2.45) is 0 Å². The van der Waals surface area contributed by atoms with E-state index in [0.29, 0.717) is 0 Å². The van der Waals surface area contributed by atoms with E-state index < -0.39 is 0 Å². The predicted molar refractivity (Wildman–Crippen MR) is 89.7 cm³/mol. The van der Waals surface area contributed by atoms with Gasteiger partial charge in [0.2, 0.25) is 0 Å². The monoisotopic (exact) mass is 364 g/mol. The molecule has 0 saturated heterocycles. The third-order valence-electron chi connectivity index (χ3n) is 3.61. The first-order chi connectivity index (χ1) is 10.1. The average Bonchev–Trinajstić information content (AvgIpc) is 3.02. The highest BCUT2D eigenvalue weighted by molar-refractivity contribution is 9.10. The molecular weight excluding hydrogens is 348 g/mol. The largest absolute Gasteiger partial charge is 0.305 e. The second-order valence-electron chi connectivity index (χ2n) is 5.15. The summed E-state index contributed by atoms with van der Waals surface area (Å²) in [6.45, 7) is 7.09. The highest BCUT2D eigenvalue weighted by Gasteiger charge is 2.13. The van der Waals surface area contributed by atoms with Crippen LogP contribution in [0.2, 0.25) is 0 Å². The van der Waals surface area contributed by atoms with Crippen molar-refractivity contribution in [1.82, 2.24) is 19.9 Å². The Morgan fingerprint density at radius 2 is 2.24 bits per heavy atom. The summed E-state index contributed by atoms with van der Waals surface area (Å²) in [5.41, 5.74) is 4.21. The zero-order valence-electron chi connectivity index (χ0n) is 12.2. The fourth-order valence-electron chi connectivity index (χ4n) is 2.41. The first-order valence-corrected chi connectivity index (χ1v) is 8.50. The summed E-state index contributed by atoms with van der Waals surface area (Å²) < 4.78 is 3.09. The molecule has 0 bridgehead atoms. The van der Waals surface area contributed by atoms with Crippen LogP contribution in [0.1, 0.15) is 34.8 Å². The van der Waals surface area contributed by atoms with Gasteiger partial charge < -0.3 is 5.32 Å². The van der Waals surface area contributed by atoms with E-state index >= 15 is 0 Å². The van der Waals surface area contributed by atoms with Crippen LogP contribution in [0.4, 0.5) is 0 Å². The fourth-order valence-corrected chi connectivity index (χ4v) is 3.85. The van der Waals surface area contributed by atoms with Gasteiger partial charge in [0.15, 0.2) is 5.65 Å². The molecule has 110 valence electrons. The van der Waals surface area contributed by atoms with Crippen molar-refractivity contribution >= 4 is 32.9 Å². The van der Waals surface area contributed by atoms with Crippen LogP contribution in [0.15, 0.2) is 28.2 Å². The van der Waals surface area contributed by atoms with Crippen molar-refractivity contribution < 1.29 is 0 Å². The number of thiophene rings is 1. The maximum Gasteiger partial charge on any atom is 0.155 e. The molecule has 0 saturated carbocycles. The van der Waals surface area contributed by atoms with Crippen LogP contribution in [0.5, 0.6) is 0 Å². The van der Waals surface area contributed by atoms with E-state index in [1.807, 2.05) is 23.7 Å². The molecule has 0 spiro atoms. The number of nitrogens with one attached hydrogen (secondary N) is 1. The minimum atomic E-state index is 0.223. The second kappa shape index (κ2) is 5.87. The summed E-state index contributed by atoms with van der Waals surface area (Å²) in [7, 11) is 0. The normalized spacial score (nSPS) is 13.0. The molecule has 0 amide bonds. The van der Waals surface area contributed by atoms with E-state index in [2.05, 4.69) is 56.6 Å². The van der Waals surface area contributed by atoms with Gasteiger partial charge in [-0.15, -0.1) is 11.3 Å². The van der Waals surface area contributed by atoms with E-state index in [1.54, 1.807) is 11.3 Å². The Labute approximate surface area is 136 Å². The number of aryl methyl sites for hydroxylation is 2. The number of aromatic nitrogens is 3. The van der Waals surface area contributed by atoms with Crippen LogP contribution in [0.3, 0.4) is 0 Å². The fraction of sp³-hybridized carbons (Fsp3) is 0.333. The molecule has 0 aromatic carbocycles. The molecule has 4 nitrogen and oxygen atoms in total. The molecule has 1 atom stereocenters. The van der Waals surface area contributed by atoms with E-state index in [-0.39, 0.29) is 6.04 Å². The number of hydrogen-bond acceptors (Lipinski definition) is 4. The standard InChI is InChI=1S/C15H17BrN4S/c1-9-6-15-18-7-12(11(3)20(15)19-9)10(2)17-8-14-13(16)4-5-21-14/h4-7,10,17H,8H2,1-3H3. The lowest BCUT2D eigenvalue weighted by molar-refractivity contribution is 0.568. The molecular formula is C15H17BrN4S. The highest BCUT2D eigenvalue weighted by Crippen LogP contribution is 2.24. The third kappa shape index (κ3) is 2.88. The molecule has 1 unspecified atom stereocenters. The number of nitrogens with zero attached hydrogens (tertiary/aromatic N) is 3. The van der Waals surface area contributed by atoms with Gasteiger partial charge in [-0.05, 0) is 48.1 Å². The smallest absolute Gasteiger partial charge is 0.155 e. The minimum absolute atomic E-state index is 0.223. The van der Waals surface area contributed by atoms with E-state index in [0.717, 1.165) is 23.6 Å². The van der Waals surface area contributed by atoms with Crippen LogP contribution >= 0.6 is 27.3 Å². The number of halogens is 1. The van der Waals surface area contributed by atoms with Crippen LogP contribution in [0.25, 0.3) is 5.65 Å². The van der Waals surface area contributed by atoms with E-state index in [9.17, 15) is 0 Å². The van der Waals surface area contributed by atoms with Gasteiger partial charge in [0, 0.05) is 45.5 Å². The van der Waals surface area contributed by atoms with Gasteiger partial charge in [0.1, 0.15) is 0 Å². The Morgan fingerprint density at radius 3 is 2.95 bits per heavy atom. The third-order valence-corrected chi connectivity index (χ3v) is 5.54. The molecule has 21 heavy (non-hydrogen) atoms. The molecule has 3 rings (SSSR count). The summed E-state index contributed by atoms with van der Waals surface area (Å²) in [5.74, 6) is 0. The summed E-state index contributed by atoms with van der Waals surface area (Å²) in [4.78, 5) is 5.81. The number of hydrogen-bond donors (Lipinski definition) is 1. The van der Waals surface area contributed by atoms with Crippen LogP contribution < -0.4 is 5.32 Å². The maximum atomic E-state index is 4.50. The van der Waals surface area contributed by atoms with E-state index in [1.165, 1.54) is 14.9 Å². The summed E-state index contributed by atoms with van der Waals surface area (Å²) in [5, 5.41) is 10.1. The second-order valence-corrected chi connectivity index (χ2v) is 7.00. The Morgan fingerprint density at radius 1 is 1.43 bits per heavy atom. The lowest BCUT2D eigenvalue weighted by atomic mass is 10.1. The van der Waals surface area contributed by atoms with Crippen LogP contribution in [-0.4, -0.2) is 14.6 Å². The Kier molecular flexibility index (Phi) is 4.10. The zero-order valence-corrected chi connectivity index (χ0v) is 14.6. The summed E-state index contributed by atoms with van der Waals surface area (Å²) >= 11 is 5.32. The van der Waals surface area contributed by atoms with Gasteiger partial charge in [-0.1, -0.05) is 0 Å². The van der Waals surface area contributed by atoms with Crippen molar-refractivity contribution in [2.45, 2.75) is 33.4 Å². The molecule has 3 aromatic rings. The lowest BCUT2D eigenvalue weighted by Gasteiger charge is -2.16. The first kappa shape index (κ1) is 14.7. The maximum absolute atomic E-state index is 4.50. The quantitative estimate of drug-likeness (QED) is 0.759. The number of rotatable bonds is 4. The van der Waals surface area contributed by atoms with Crippen molar-refractivity contribution in [3.63, 3.8) is 0 Å². The van der Waals surface area contributed by atoms with Crippen LogP contribution in [-0.2, 0) is 6.54 Å². The van der Waals surface area contributed by atoms with Gasteiger partial charge in [-0.3, -0.25) is 0 Å². The molecule has 0 aliphatic rings. The van der Waals surface area contributed by atoms with Crippen LogP contribution in [0, 0.1) is 13.8 Å². The Balaban J connectivity index is 1.82. The molecule has 3 aromatic heterocycles. The SMILES string of the molecule is Cc1cc2ncc(C(C)NCc3sccc3Br)c(C)n2n1. The molecule has 6 heteroatoms. The van der Waals surface area contributed by atoms with E-state index in [4.69, 9.17) is 0 Å². The van der Waals surface area contributed by atoms with Gasteiger partial charge in [-0.2, -0.15) is 5.10 Å². The molecule has 3 heterocycles. The number of fused-ring (bicyclic) bond motifs is 1. The molecule has 0 aliphatic carbocycles. The minimum Gasteiger partial charge on any atom is -0.305 e. The van der Waals surface area contributed by atoms with Gasteiger partial charge in [0.25, 0.3) is 0 Å². The van der Waals surface area contributed by atoms with Crippen molar-refractivity contribution in [1.29, 1.82) is 0 Å². The Hall–Kier alpha value is -1.24. The highest BCUT2D eigenvalue weighted by atomic mass is 79.9. The topological polar surface area (TPSA) is 42.2 Å². The zero-order chi connectivity index (χ0) is 15.0. The molecule has 0 fully saturated rings. The lowest BCUT2D eigenvalue weighted by Crippen LogP contribution is -2.20. The summed E-state index contributed by atoms with van der Waals surface area (Å²) in [6.07, 6.45) is 1.95. The molecule has 0 radical (unpaired) electrons. The first-order valence-electron chi connectivity index (χ1n) is 6.83. The van der Waals surface area contributed by atoms with Gasteiger partial charge >= 0.3 is 0 Å². The van der Waals surface area contributed by atoms with Gasteiger partial charge in [-0.25, -0.2) is 9.50 Å². The molecule has 1 N–H and O–H groups in total. The predicted octanol–water partition coefficient (Wildman–Crippen LogP) is 4.02. The van der Waals surface area contributed by atoms with Gasteiger partial charge in [0.05, 0.1) is 5.69 Å². The van der Waals surface area contributed by atoms with Crippen molar-refractivity contribution in [3.05, 3.63) is 50.0 Å². The van der Waals surface area contributed by atoms with Crippen molar-refractivity contribution in [3.8, 4) is 0 Å². The average molecular weight is 365 g/mol.